The number of aryl methyl sites for hydroxylation is 1. The molecule has 0 saturated carbocycles. The minimum Gasteiger partial charge on any atom is -0.309 e. The Labute approximate surface area is 118 Å². The zero-order valence-corrected chi connectivity index (χ0v) is 11.4. The molecule has 96 valence electrons. The molecule has 0 aliphatic heterocycles. The molecule has 0 atom stereocenters. The second-order valence-electron chi connectivity index (χ2n) is 5.16. The van der Waals surface area contributed by atoms with Crippen LogP contribution in [-0.2, 0) is 0 Å². The van der Waals surface area contributed by atoms with Gasteiger partial charge in [-0.25, -0.2) is 0 Å². The van der Waals surface area contributed by atoms with E-state index in [1.165, 1.54) is 33.1 Å². The molecule has 1 heterocycles. The first-order valence-corrected chi connectivity index (χ1v) is 6.90. The maximum Gasteiger partial charge on any atom is 0.0570 e. The van der Waals surface area contributed by atoms with Crippen LogP contribution in [-0.4, -0.2) is 4.57 Å². The Morgan fingerprint density at radius 1 is 0.650 bits per heavy atom. The van der Waals surface area contributed by atoms with Crippen molar-refractivity contribution >= 4 is 21.8 Å². The van der Waals surface area contributed by atoms with E-state index in [9.17, 15) is 0 Å². The molecular formula is C19H15N. The lowest BCUT2D eigenvalue weighted by atomic mass is 10.1. The molecule has 3 aromatic carbocycles. The Morgan fingerprint density at radius 3 is 2.20 bits per heavy atom. The highest BCUT2D eigenvalue weighted by atomic mass is 15.0. The molecule has 0 fully saturated rings. The minimum atomic E-state index is 1.22. The molecule has 4 rings (SSSR count). The predicted octanol–water partition coefficient (Wildman–Crippen LogP) is 5.09. The molecule has 1 nitrogen and oxygen atoms in total. The number of hydrogen-bond donors (Lipinski definition) is 0. The van der Waals surface area contributed by atoms with E-state index in [-0.39, 0.29) is 0 Å². The monoisotopic (exact) mass is 257 g/mol. The largest absolute Gasteiger partial charge is 0.309 e. The van der Waals surface area contributed by atoms with Crippen LogP contribution in [0.3, 0.4) is 0 Å². The van der Waals surface area contributed by atoms with Gasteiger partial charge in [-0.3, -0.25) is 0 Å². The van der Waals surface area contributed by atoms with Crippen LogP contribution < -0.4 is 0 Å². The summed E-state index contributed by atoms with van der Waals surface area (Å²) in [5, 5.41) is 2.64. The van der Waals surface area contributed by atoms with Gasteiger partial charge in [0.1, 0.15) is 0 Å². The maximum atomic E-state index is 2.36. The summed E-state index contributed by atoms with van der Waals surface area (Å²) in [5.41, 5.74) is 5.10. The number of aromatic nitrogens is 1. The number of benzene rings is 3. The minimum absolute atomic E-state index is 1.22. The number of para-hydroxylation sites is 3. The summed E-state index contributed by atoms with van der Waals surface area (Å²) < 4.78 is 2.36. The van der Waals surface area contributed by atoms with Gasteiger partial charge in [0.15, 0.2) is 0 Å². The summed E-state index contributed by atoms with van der Waals surface area (Å²) in [4.78, 5) is 0. The van der Waals surface area contributed by atoms with Crippen LogP contribution in [0.2, 0.25) is 0 Å². The first-order valence-electron chi connectivity index (χ1n) is 6.90. The van der Waals surface area contributed by atoms with E-state index in [4.69, 9.17) is 0 Å². The Hall–Kier alpha value is -2.54. The lowest BCUT2D eigenvalue weighted by Gasteiger charge is -2.08. The van der Waals surface area contributed by atoms with Crippen molar-refractivity contribution in [1.29, 1.82) is 0 Å². The SMILES string of the molecule is Cc1cccc2c3ccccc3n(-c3ccccc3)c12. The Morgan fingerprint density at radius 2 is 1.35 bits per heavy atom. The van der Waals surface area contributed by atoms with E-state index in [0.717, 1.165) is 0 Å². The summed E-state index contributed by atoms with van der Waals surface area (Å²) in [7, 11) is 0. The predicted molar refractivity (Wildman–Crippen MR) is 85.5 cm³/mol. The summed E-state index contributed by atoms with van der Waals surface area (Å²) in [6.45, 7) is 2.18. The Balaban J connectivity index is 2.27. The van der Waals surface area contributed by atoms with E-state index >= 15 is 0 Å². The number of hydrogen-bond acceptors (Lipinski definition) is 0. The van der Waals surface area contributed by atoms with Gasteiger partial charge >= 0.3 is 0 Å². The highest BCUT2D eigenvalue weighted by Gasteiger charge is 2.12. The normalized spacial score (nSPS) is 11.2. The highest BCUT2D eigenvalue weighted by Crippen LogP contribution is 2.33. The molecule has 0 unspecified atom stereocenters. The van der Waals surface area contributed by atoms with Gasteiger partial charge in [0.2, 0.25) is 0 Å². The van der Waals surface area contributed by atoms with Crippen LogP contribution in [0.25, 0.3) is 27.5 Å². The average molecular weight is 257 g/mol. The topological polar surface area (TPSA) is 4.93 Å². The number of nitrogens with zero attached hydrogens (tertiary/aromatic N) is 1. The van der Waals surface area contributed by atoms with Crippen molar-refractivity contribution in [3.8, 4) is 5.69 Å². The van der Waals surface area contributed by atoms with E-state index in [1.54, 1.807) is 0 Å². The Kier molecular flexibility index (Phi) is 2.40. The standard InChI is InChI=1S/C19H15N/c1-14-8-7-12-17-16-11-5-6-13-18(16)20(19(14)17)15-9-3-2-4-10-15/h2-13H,1H3. The third-order valence-corrected chi connectivity index (χ3v) is 3.91. The molecule has 1 heteroatoms. The third kappa shape index (κ3) is 1.50. The van der Waals surface area contributed by atoms with Crippen molar-refractivity contribution in [3.63, 3.8) is 0 Å². The molecule has 20 heavy (non-hydrogen) atoms. The van der Waals surface area contributed by atoms with Crippen LogP contribution in [0.5, 0.6) is 0 Å². The van der Waals surface area contributed by atoms with Crippen LogP contribution in [0.15, 0.2) is 72.8 Å². The van der Waals surface area contributed by atoms with E-state index in [2.05, 4.69) is 84.3 Å². The molecule has 0 bridgehead atoms. The van der Waals surface area contributed by atoms with Gasteiger partial charge < -0.3 is 4.57 Å². The van der Waals surface area contributed by atoms with Gasteiger partial charge in [-0.2, -0.15) is 0 Å². The molecule has 0 radical (unpaired) electrons. The van der Waals surface area contributed by atoms with E-state index in [1.807, 2.05) is 0 Å². The smallest absolute Gasteiger partial charge is 0.0570 e. The molecule has 0 spiro atoms. The second kappa shape index (κ2) is 4.24. The lowest BCUT2D eigenvalue weighted by Crippen LogP contribution is -1.94. The van der Waals surface area contributed by atoms with Gasteiger partial charge in [0, 0.05) is 16.5 Å². The fourth-order valence-corrected chi connectivity index (χ4v) is 3.04. The molecule has 0 amide bonds. The van der Waals surface area contributed by atoms with Crippen molar-refractivity contribution in [3.05, 3.63) is 78.4 Å². The van der Waals surface area contributed by atoms with Crippen molar-refractivity contribution < 1.29 is 0 Å². The summed E-state index contributed by atoms with van der Waals surface area (Å²) in [5.74, 6) is 0. The highest BCUT2D eigenvalue weighted by molar-refractivity contribution is 6.10. The lowest BCUT2D eigenvalue weighted by molar-refractivity contribution is 1.17. The molecule has 1 aromatic heterocycles. The third-order valence-electron chi connectivity index (χ3n) is 3.91. The van der Waals surface area contributed by atoms with Gasteiger partial charge in [-0.05, 0) is 30.7 Å². The fourth-order valence-electron chi connectivity index (χ4n) is 3.04. The van der Waals surface area contributed by atoms with Crippen molar-refractivity contribution in [1.82, 2.24) is 4.57 Å². The second-order valence-corrected chi connectivity index (χ2v) is 5.16. The summed E-state index contributed by atoms with van der Waals surface area (Å²) >= 11 is 0. The first kappa shape index (κ1) is 11.3. The zero-order chi connectivity index (χ0) is 13.5. The van der Waals surface area contributed by atoms with Crippen LogP contribution in [0.4, 0.5) is 0 Å². The molecule has 0 N–H and O–H groups in total. The molecular weight excluding hydrogens is 242 g/mol. The average Bonchev–Trinajstić information content (AvgIpc) is 2.84. The van der Waals surface area contributed by atoms with Gasteiger partial charge in [-0.1, -0.05) is 54.6 Å². The van der Waals surface area contributed by atoms with Crippen LogP contribution in [0, 0.1) is 6.92 Å². The molecule has 0 aliphatic rings. The molecule has 0 saturated heterocycles. The fraction of sp³-hybridized carbons (Fsp3) is 0.0526. The summed E-state index contributed by atoms with van der Waals surface area (Å²) in [6, 6.07) is 25.7. The quantitative estimate of drug-likeness (QED) is 0.447. The summed E-state index contributed by atoms with van der Waals surface area (Å²) in [6.07, 6.45) is 0. The zero-order valence-electron chi connectivity index (χ0n) is 11.4. The van der Waals surface area contributed by atoms with Crippen molar-refractivity contribution in [2.24, 2.45) is 0 Å². The number of rotatable bonds is 1. The van der Waals surface area contributed by atoms with E-state index < -0.39 is 0 Å². The van der Waals surface area contributed by atoms with Gasteiger partial charge in [0.25, 0.3) is 0 Å². The maximum absolute atomic E-state index is 2.36. The Bertz CT molecular complexity index is 901. The van der Waals surface area contributed by atoms with Gasteiger partial charge in [-0.15, -0.1) is 0 Å². The molecule has 0 aliphatic carbocycles. The van der Waals surface area contributed by atoms with E-state index in [0.29, 0.717) is 0 Å². The first-order chi connectivity index (χ1) is 9.86. The van der Waals surface area contributed by atoms with Crippen molar-refractivity contribution in [2.75, 3.05) is 0 Å². The van der Waals surface area contributed by atoms with Crippen LogP contribution in [0.1, 0.15) is 5.56 Å². The number of fused-ring (bicyclic) bond motifs is 3. The van der Waals surface area contributed by atoms with Crippen LogP contribution >= 0.6 is 0 Å². The van der Waals surface area contributed by atoms with Gasteiger partial charge in [0.05, 0.1) is 11.0 Å². The molecule has 4 aromatic rings. The van der Waals surface area contributed by atoms with Crippen molar-refractivity contribution in [2.45, 2.75) is 6.92 Å².